The van der Waals surface area contributed by atoms with Crippen molar-refractivity contribution >= 4 is 25.7 Å². The summed E-state index contributed by atoms with van der Waals surface area (Å²) in [5.41, 5.74) is 0. The van der Waals surface area contributed by atoms with E-state index in [0.29, 0.717) is 5.92 Å². The molecule has 0 aliphatic carbocycles. The summed E-state index contributed by atoms with van der Waals surface area (Å²) in [5, 5.41) is 0. The summed E-state index contributed by atoms with van der Waals surface area (Å²) in [6, 6.07) is 1.09. The van der Waals surface area contributed by atoms with E-state index < -0.39 is 15.0 Å². The van der Waals surface area contributed by atoms with Crippen LogP contribution in [0.2, 0.25) is 0 Å². The Bertz CT molecular complexity index is 544. The largest absolute Gasteiger partial charge is 0.460 e. The van der Waals surface area contributed by atoms with Crippen molar-refractivity contribution in [1.82, 2.24) is 0 Å². The highest BCUT2D eigenvalue weighted by Gasteiger charge is 2.22. The van der Waals surface area contributed by atoms with Crippen molar-refractivity contribution in [2.45, 2.75) is 38.5 Å². The molecule has 0 fully saturated rings. The first-order valence-corrected chi connectivity index (χ1v) is 8.25. The first-order chi connectivity index (χ1) is 8.71. The third kappa shape index (κ3) is 4.87. The van der Waals surface area contributed by atoms with Crippen LogP contribution in [0.5, 0.6) is 0 Å². The van der Waals surface area contributed by atoms with E-state index in [9.17, 15) is 13.2 Å². The maximum atomic E-state index is 11.6. The zero-order valence-corrected chi connectivity index (χ0v) is 12.7. The van der Waals surface area contributed by atoms with Crippen LogP contribution in [-0.4, -0.2) is 21.0 Å². The Balaban J connectivity index is 2.64. The Morgan fingerprint density at radius 3 is 2.58 bits per heavy atom. The fourth-order valence-electron chi connectivity index (χ4n) is 1.54. The number of carbonyl (C=O) groups is 1. The minimum Gasteiger partial charge on any atom is -0.460 e. The maximum Gasteiger partial charge on any atom is 0.374 e. The van der Waals surface area contributed by atoms with Crippen LogP contribution < -0.4 is 0 Å². The van der Waals surface area contributed by atoms with Crippen LogP contribution in [0.1, 0.15) is 43.0 Å². The molecular formula is C12H17ClO5S. The number of aryl methyl sites for hydroxylation is 1. The van der Waals surface area contributed by atoms with Crippen molar-refractivity contribution in [1.29, 1.82) is 0 Å². The van der Waals surface area contributed by atoms with Gasteiger partial charge in [0.2, 0.25) is 5.76 Å². The van der Waals surface area contributed by atoms with E-state index >= 15 is 0 Å². The van der Waals surface area contributed by atoms with Crippen LogP contribution in [0.3, 0.4) is 0 Å². The quantitative estimate of drug-likeness (QED) is 0.458. The Labute approximate surface area is 117 Å². The molecule has 0 atom stereocenters. The number of carbonyl (C=O) groups excluding carboxylic acids is 1. The summed E-state index contributed by atoms with van der Waals surface area (Å²) in [6.45, 7) is 5.86. The zero-order chi connectivity index (χ0) is 14.6. The van der Waals surface area contributed by atoms with E-state index in [1.165, 1.54) is 6.92 Å². The van der Waals surface area contributed by atoms with E-state index in [1.54, 1.807) is 0 Å². The fraction of sp³-hybridized carbons (Fsp3) is 0.583. The van der Waals surface area contributed by atoms with Crippen molar-refractivity contribution in [3.05, 3.63) is 17.6 Å². The average Bonchev–Trinajstić information content (AvgIpc) is 2.66. The second-order valence-corrected chi connectivity index (χ2v) is 7.18. The molecule has 1 heterocycles. The molecule has 0 aliphatic rings. The lowest BCUT2D eigenvalue weighted by molar-refractivity contribution is 0.0457. The Hall–Kier alpha value is -1.01. The van der Waals surface area contributed by atoms with Crippen molar-refractivity contribution in [3.8, 4) is 0 Å². The normalized spacial score (nSPS) is 11.8. The van der Waals surface area contributed by atoms with E-state index in [0.717, 1.165) is 18.9 Å². The summed E-state index contributed by atoms with van der Waals surface area (Å²) in [5.74, 6) is -0.221. The van der Waals surface area contributed by atoms with Crippen LogP contribution in [0.15, 0.2) is 15.4 Å². The molecule has 5 nitrogen and oxygen atoms in total. The first kappa shape index (κ1) is 16.0. The minimum absolute atomic E-state index is 0.0733. The molecule has 0 N–H and O–H groups in total. The number of furan rings is 1. The highest BCUT2D eigenvalue weighted by molar-refractivity contribution is 8.13. The average molecular weight is 309 g/mol. The lowest BCUT2D eigenvalue weighted by Crippen LogP contribution is -2.06. The van der Waals surface area contributed by atoms with Crippen LogP contribution in [0.4, 0.5) is 0 Å². The number of hydrogen-bond donors (Lipinski definition) is 0. The van der Waals surface area contributed by atoms with Crippen LogP contribution in [-0.2, 0) is 13.8 Å². The molecule has 1 rings (SSSR count). The summed E-state index contributed by atoms with van der Waals surface area (Å²) >= 11 is 0. The fourth-order valence-corrected chi connectivity index (χ4v) is 2.63. The molecule has 0 saturated heterocycles. The number of rotatable bonds is 6. The van der Waals surface area contributed by atoms with Crippen molar-refractivity contribution < 1.29 is 22.4 Å². The van der Waals surface area contributed by atoms with E-state index in [4.69, 9.17) is 19.8 Å². The van der Waals surface area contributed by atoms with E-state index in [2.05, 4.69) is 13.8 Å². The molecule has 0 saturated carbocycles. The zero-order valence-electron chi connectivity index (χ0n) is 11.1. The number of halogens is 1. The molecule has 0 aliphatic heterocycles. The highest BCUT2D eigenvalue weighted by atomic mass is 35.7. The summed E-state index contributed by atoms with van der Waals surface area (Å²) in [6.07, 6.45) is 1.70. The molecule has 1 aromatic rings. The van der Waals surface area contributed by atoms with Gasteiger partial charge in [-0.25, -0.2) is 13.2 Å². The Kier molecular flexibility index (Phi) is 5.43. The summed E-state index contributed by atoms with van der Waals surface area (Å²) in [4.78, 5) is 11.4. The number of hydrogen-bond acceptors (Lipinski definition) is 5. The molecule has 0 unspecified atom stereocenters. The number of esters is 1. The molecule has 7 heteroatoms. The third-order valence-corrected chi connectivity index (χ3v) is 3.92. The van der Waals surface area contributed by atoms with Crippen molar-refractivity contribution in [2.24, 2.45) is 5.92 Å². The summed E-state index contributed by atoms with van der Waals surface area (Å²) in [7, 11) is 1.29. The van der Waals surface area contributed by atoms with Gasteiger partial charge in [0.1, 0.15) is 10.7 Å². The SMILES string of the molecule is Cc1oc(C(=O)OCCCC(C)C)cc1S(=O)(=O)Cl. The molecule has 1 aromatic heterocycles. The molecule has 19 heavy (non-hydrogen) atoms. The van der Waals surface area contributed by atoms with Gasteiger partial charge in [-0.2, -0.15) is 0 Å². The number of ether oxygens (including phenoxy) is 1. The van der Waals surface area contributed by atoms with Gasteiger partial charge in [-0.05, 0) is 25.7 Å². The van der Waals surface area contributed by atoms with Crippen LogP contribution in [0.25, 0.3) is 0 Å². The lowest BCUT2D eigenvalue weighted by atomic mass is 10.1. The van der Waals surface area contributed by atoms with Gasteiger partial charge in [0.15, 0.2) is 0 Å². The van der Waals surface area contributed by atoms with Gasteiger partial charge >= 0.3 is 5.97 Å². The van der Waals surface area contributed by atoms with Crippen LogP contribution in [0, 0.1) is 12.8 Å². The Morgan fingerprint density at radius 1 is 1.47 bits per heavy atom. The lowest BCUT2D eigenvalue weighted by Gasteiger charge is -2.04. The third-order valence-electron chi connectivity index (χ3n) is 2.50. The monoisotopic (exact) mass is 308 g/mol. The molecule has 0 aromatic carbocycles. The summed E-state index contributed by atoms with van der Waals surface area (Å²) < 4.78 is 32.4. The molecule has 0 radical (unpaired) electrons. The molecule has 0 spiro atoms. The second kappa shape index (κ2) is 6.43. The van der Waals surface area contributed by atoms with Gasteiger partial charge in [-0.3, -0.25) is 0 Å². The molecule has 108 valence electrons. The van der Waals surface area contributed by atoms with Gasteiger partial charge in [-0.15, -0.1) is 0 Å². The van der Waals surface area contributed by atoms with Gasteiger partial charge in [0.25, 0.3) is 9.05 Å². The van der Waals surface area contributed by atoms with E-state index in [1.807, 2.05) is 0 Å². The van der Waals surface area contributed by atoms with Gasteiger partial charge in [-0.1, -0.05) is 13.8 Å². The second-order valence-electron chi connectivity index (χ2n) is 4.64. The minimum atomic E-state index is -3.91. The van der Waals surface area contributed by atoms with Crippen molar-refractivity contribution in [2.75, 3.05) is 6.61 Å². The van der Waals surface area contributed by atoms with E-state index in [-0.39, 0.29) is 23.0 Å². The van der Waals surface area contributed by atoms with Gasteiger partial charge in [0.05, 0.1) is 6.61 Å². The molecular weight excluding hydrogens is 292 g/mol. The van der Waals surface area contributed by atoms with Crippen molar-refractivity contribution in [3.63, 3.8) is 0 Å². The molecule has 0 amide bonds. The highest BCUT2D eigenvalue weighted by Crippen LogP contribution is 2.23. The molecule has 0 bridgehead atoms. The van der Waals surface area contributed by atoms with Gasteiger partial charge < -0.3 is 9.15 Å². The maximum absolute atomic E-state index is 11.6. The predicted molar refractivity (Wildman–Crippen MR) is 70.8 cm³/mol. The van der Waals surface area contributed by atoms with Gasteiger partial charge in [0, 0.05) is 16.7 Å². The Morgan fingerprint density at radius 2 is 2.11 bits per heavy atom. The standard InChI is InChI=1S/C12H17ClO5S/c1-8(2)5-4-6-17-12(14)10-7-11(9(3)18-10)19(13,15)16/h7-8H,4-6H2,1-3H3. The predicted octanol–water partition coefficient (Wildman–Crippen LogP) is 3.11. The first-order valence-electron chi connectivity index (χ1n) is 5.94. The smallest absolute Gasteiger partial charge is 0.374 e. The van der Waals surface area contributed by atoms with Crippen LogP contribution >= 0.6 is 10.7 Å². The topological polar surface area (TPSA) is 73.6 Å².